The van der Waals surface area contributed by atoms with Crippen LogP contribution in [-0.4, -0.2) is 34.2 Å². The SMILES string of the molecule is CN(CCC#N)C(=O)CCn1ncc(=O)c2ccccc21. The van der Waals surface area contributed by atoms with Gasteiger partial charge in [-0.25, -0.2) is 0 Å². The third kappa shape index (κ3) is 3.45. The Balaban J connectivity index is 2.11. The molecule has 0 unspecified atom stereocenters. The lowest BCUT2D eigenvalue weighted by Gasteiger charge is -2.16. The summed E-state index contributed by atoms with van der Waals surface area (Å²) in [6.07, 6.45) is 1.87. The van der Waals surface area contributed by atoms with Gasteiger partial charge in [-0.15, -0.1) is 0 Å². The number of aromatic nitrogens is 2. The maximum atomic E-state index is 11.9. The third-order valence-electron chi connectivity index (χ3n) is 3.28. The number of amides is 1. The van der Waals surface area contributed by atoms with Crippen LogP contribution in [0.1, 0.15) is 12.8 Å². The summed E-state index contributed by atoms with van der Waals surface area (Å²) in [5.74, 6) is -0.0465. The molecule has 6 heteroatoms. The topological polar surface area (TPSA) is 79.0 Å². The van der Waals surface area contributed by atoms with Crippen LogP contribution in [0, 0.1) is 11.3 Å². The van der Waals surface area contributed by atoms with Crippen molar-refractivity contribution in [2.75, 3.05) is 13.6 Å². The molecule has 0 N–H and O–H groups in total. The summed E-state index contributed by atoms with van der Waals surface area (Å²) in [5.41, 5.74) is 0.594. The van der Waals surface area contributed by atoms with Crippen molar-refractivity contribution in [2.24, 2.45) is 0 Å². The van der Waals surface area contributed by atoms with Crippen LogP contribution in [0.5, 0.6) is 0 Å². The fourth-order valence-electron chi connectivity index (χ4n) is 2.07. The molecule has 1 amide bonds. The number of fused-ring (bicyclic) bond motifs is 1. The van der Waals surface area contributed by atoms with Gasteiger partial charge in [0, 0.05) is 25.4 Å². The van der Waals surface area contributed by atoms with Gasteiger partial charge in [0.2, 0.25) is 11.3 Å². The summed E-state index contributed by atoms with van der Waals surface area (Å²) in [5, 5.41) is 13.2. The first kappa shape index (κ1) is 14.7. The Morgan fingerprint density at radius 2 is 2.19 bits per heavy atom. The monoisotopic (exact) mass is 284 g/mol. The molecule has 0 atom stereocenters. The summed E-state index contributed by atoms with van der Waals surface area (Å²) < 4.78 is 1.66. The highest BCUT2D eigenvalue weighted by atomic mass is 16.2. The van der Waals surface area contributed by atoms with Gasteiger partial charge in [-0.1, -0.05) is 12.1 Å². The Hall–Kier alpha value is -2.68. The molecule has 0 saturated carbocycles. The standard InChI is InChI=1S/C15H16N4O2/c1-18(9-4-8-16)15(21)7-10-19-13-6-3-2-5-12(13)14(20)11-17-19/h2-3,5-6,11H,4,7,9-10H2,1H3. The van der Waals surface area contributed by atoms with Gasteiger partial charge in [-0.2, -0.15) is 10.4 Å². The molecule has 0 radical (unpaired) electrons. The molecule has 0 bridgehead atoms. The molecular weight excluding hydrogens is 268 g/mol. The predicted molar refractivity (Wildman–Crippen MR) is 78.5 cm³/mol. The van der Waals surface area contributed by atoms with Crippen molar-refractivity contribution in [3.63, 3.8) is 0 Å². The molecule has 2 rings (SSSR count). The molecule has 1 aromatic heterocycles. The minimum atomic E-state index is -0.126. The number of aryl methyl sites for hydroxylation is 1. The van der Waals surface area contributed by atoms with Crippen LogP contribution in [0.2, 0.25) is 0 Å². The van der Waals surface area contributed by atoms with E-state index in [0.29, 0.717) is 24.9 Å². The number of carbonyl (C=O) groups excluding carboxylic acids is 1. The Kier molecular flexibility index (Phi) is 4.67. The van der Waals surface area contributed by atoms with E-state index in [-0.39, 0.29) is 17.8 Å². The van der Waals surface area contributed by atoms with Crippen LogP contribution in [0.4, 0.5) is 0 Å². The average molecular weight is 284 g/mol. The lowest BCUT2D eigenvalue weighted by atomic mass is 10.2. The molecule has 0 spiro atoms. The van der Waals surface area contributed by atoms with E-state index >= 15 is 0 Å². The normalized spacial score (nSPS) is 10.3. The number of benzene rings is 1. The van der Waals surface area contributed by atoms with Gasteiger partial charge in [0.25, 0.3) is 0 Å². The van der Waals surface area contributed by atoms with Crippen molar-refractivity contribution in [1.29, 1.82) is 5.26 Å². The zero-order valence-electron chi connectivity index (χ0n) is 11.8. The predicted octanol–water partition coefficient (Wildman–Crippen LogP) is 1.16. The summed E-state index contributed by atoms with van der Waals surface area (Å²) in [6, 6.07) is 9.21. The molecule has 1 aromatic carbocycles. The molecule has 6 nitrogen and oxygen atoms in total. The van der Waals surface area contributed by atoms with Gasteiger partial charge in [0.05, 0.1) is 30.7 Å². The molecule has 0 saturated heterocycles. The lowest BCUT2D eigenvalue weighted by Crippen LogP contribution is -2.28. The number of hydrogen-bond donors (Lipinski definition) is 0. The second-order valence-corrected chi connectivity index (χ2v) is 4.72. The van der Waals surface area contributed by atoms with E-state index in [2.05, 4.69) is 5.10 Å². The highest BCUT2D eigenvalue weighted by molar-refractivity contribution is 5.79. The molecule has 0 fully saturated rings. The van der Waals surface area contributed by atoms with E-state index in [9.17, 15) is 9.59 Å². The second kappa shape index (κ2) is 6.66. The molecule has 2 aromatic rings. The van der Waals surface area contributed by atoms with Crippen molar-refractivity contribution >= 4 is 16.8 Å². The summed E-state index contributed by atoms with van der Waals surface area (Å²) in [7, 11) is 1.68. The number of rotatable bonds is 5. The van der Waals surface area contributed by atoms with E-state index in [0.717, 1.165) is 5.52 Å². The van der Waals surface area contributed by atoms with Gasteiger partial charge < -0.3 is 4.90 Å². The molecule has 108 valence electrons. The minimum Gasteiger partial charge on any atom is -0.345 e. The first-order valence-corrected chi connectivity index (χ1v) is 6.69. The van der Waals surface area contributed by atoms with E-state index in [1.807, 2.05) is 18.2 Å². The minimum absolute atomic E-state index is 0.0465. The number of carbonyl (C=O) groups is 1. The first-order chi connectivity index (χ1) is 10.1. The van der Waals surface area contributed by atoms with E-state index < -0.39 is 0 Å². The first-order valence-electron chi connectivity index (χ1n) is 6.69. The van der Waals surface area contributed by atoms with Crippen LogP contribution < -0.4 is 5.43 Å². The van der Waals surface area contributed by atoms with E-state index in [1.165, 1.54) is 11.1 Å². The Morgan fingerprint density at radius 3 is 2.95 bits per heavy atom. The van der Waals surface area contributed by atoms with Gasteiger partial charge >= 0.3 is 0 Å². The van der Waals surface area contributed by atoms with Crippen molar-refractivity contribution in [1.82, 2.24) is 14.7 Å². The fraction of sp³-hybridized carbons (Fsp3) is 0.333. The van der Waals surface area contributed by atoms with Gasteiger partial charge in [-0.3, -0.25) is 14.3 Å². The zero-order valence-corrected chi connectivity index (χ0v) is 11.8. The molecular formula is C15H16N4O2. The van der Waals surface area contributed by atoms with E-state index in [1.54, 1.807) is 23.9 Å². The molecule has 0 aliphatic carbocycles. The van der Waals surface area contributed by atoms with Crippen LogP contribution in [0.25, 0.3) is 10.9 Å². The highest BCUT2D eigenvalue weighted by Gasteiger charge is 2.10. The number of nitrogens with zero attached hydrogens (tertiary/aromatic N) is 4. The van der Waals surface area contributed by atoms with Gasteiger partial charge in [-0.05, 0) is 12.1 Å². The van der Waals surface area contributed by atoms with Gasteiger partial charge in [0.15, 0.2) is 0 Å². The van der Waals surface area contributed by atoms with Crippen LogP contribution >= 0.6 is 0 Å². The average Bonchev–Trinajstić information content (AvgIpc) is 2.52. The second-order valence-electron chi connectivity index (χ2n) is 4.72. The zero-order chi connectivity index (χ0) is 15.2. The Bertz CT molecular complexity index is 745. The van der Waals surface area contributed by atoms with Gasteiger partial charge in [0.1, 0.15) is 0 Å². The van der Waals surface area contributed by atoms with Crippen LogP contribution in [0.3, 0.4) is 0 Å². The largest absolute Gasteiger partial charge is 0.345 e. The fourth-order valence-corrected chi connectivity index (χ4v) is 2.07. The smallest absolute Gasteiger partial charge is 0.224 e. The lowest BCUT2D eigenvalue weighted by molar-refractivity contribution is -0.130. The Morgan fingerprint density at radius 1 is 1.43 bits per heavy atom. The highest BCUT2D eigenvalue weighted by Crippen LogP contribution is 2.08. The maximum Gasteiger partial charge on any atom is 0.224 e. The molecule has 21 heavy (non-hydrogen) atoms. The summed E-state index contributed by atoms with van der Waals surface area (Å²) in [6.45, 7) is 0.824. The molecule has 0 aliphatic rings. The Labute approximate surface area is 122 Å². The third-order valence-corrected chi connectivity index (χ3v) is 3.28. The van der Waals surface area contributed by atoms with E-state index in [4.69, 9.17) is 5.26 Å². The van der Waals surface area contributed by atoms with Crippen LogP contribution in [0.15, 0.2) is 35.3 Å². The summed E-state index contributed by atoms with van der Waals surface area (Å²) >= 11 is 0. The number of hydrogen-bond acceptors (Lipinski definition) is 4. The van der Waals surface area contributed by atoms with Crippen LogP contribution in [-0.2, 0) is 11.3 Å². The van der Waals surface area contributed by atoms with Crippen molar-refractivity contribution in [3.8, 4) is 6.07 Å². The quantitative estimate of drug-likeness (QED) is 0.825. The number of para-hydroxylation sites is 1. The van der Waals surface area contributed by atoms with Crippen molar-refractivity contribution < 1.29 is 4.79 Å². The molecule has 0 aliphatic heterocycles. The van der Waals surface area contributed by atoms with Crippen molar-refractivity contribution in [2.45, 2.75) is 19.4 Å². The summed E-state index contributed by atoms with van der Waals surface area (Å²) in [4.78, 5) is 25.2. The van der Waals surface area contributed by atoms with Crippen molar-refractivity contribution in [3.05, 3.63) is 40.7 Å². The molecule has 1 heterocycles. The number of nitriles is 1. The maximum absolute atomic E-state index is 11.9.